The molecule has 0 aliphatic heterocycles. The van der Waals surface area contributed by atoms with Crippen LogP contribution in [-0.4, -0.2) is 18.6 Å². The minimum absolute atomic E-state index is 0.0213. The number of amides is 1. The highest BCUT2D eigenvalue weighted by molar-refractivity contribution is 5.76. The molecule has 0 aromatic heterocycles. The van der Waals surface area contributed by atoms with Crippen LogP contribution in [0.5, 0.6) is 5.75 Å². The number of unbranched alkanes of at least 4 members (excludes halogenated alkanes) is 5. The maximum Gasteiger partial charge on any atom is 0.223 e. The Morgan fingerprint density at radius 1 is 0.906 bits per heavy atom. The second-order valence-corrected chi connectivity index (χ2v) is 10.7. The van der Waals surface area contributed by atoms with Crippen LogP contribution in [0.4, 0.5) is 0 Å². The summed E-state index contributed by atoms with van der Waals surface area (Å²) in [7, 11) is 0. The van der Waals surface area contributed by atoms with Crippen molar-refractivity contribution in [2.24, 2.45) is 0 Å². The number of ether oxygens (including phenoxy) is 1. The molecule has 32 heavy (non-hydrogen) atoms. The summed E-state index contributed by atoms with van der Waals surface area (Å²) in [6.07, 6.45) is 10.7. The van der Waals surface area contributed by atoms with E-state index >= 15 is 0 Å². The molecule has 0 aliphatic carbocycles. The zero-order chi connectivity index (χ0) is 24.2. The summed E-state index contributed by atoms with van der Waals surface area (Å²) in [4.78, 5) is 12.5. The maximum absolute atomic E-state index is 12.5. The molecular weight excluding hydrogens is 394 g/mol. The Bertz CT molecular complexity index is 678. The number of carbonyl (C=O) groups is 1. The van der Waals surface area contributed by atoms with Gasteiger partial charge in [-0.1, -0.05) is 99.6 Å². The molecule has 0 heterocycles. The highest BCUT2D eigenvalue weighted by Crippen LogP contribution is 2.39. The number of carbonyl (C=O) groups excluding carboxylic acids is 1. The van der Waals surface area contributed by atoms with Gasteiger partial charge in [0.2, 0.25) is 5.91 Å². The molecule has 3 nitrogen and oxygen atoms in total. The Hall–Kier alpha value is -1.51. The molecule has 1 rings (SSSR count). The molecule has 0 bridgehead atoms. The molecule has 0 spiro atoms. The van der Waals surface area contributed by atoms with E-state index in [0.717, 1.165) is 38.0 Å². The molecule has 0 saturated carbocycles. The molecule has 1 amide bonds. The predicted molar refractivity (Wildman–Crippen MR) is 139 cm³/mol. The van der Waals surface area contributed by atoms with Crippen LogP contribution in [0.1, 0.15) is 131 Å². The number of hydrogen-bond donors (Lipinski definition) is 1. The molecular formula is C29H51NO2. The third-order valence-corrected chi connectivity index (χ3v) is 7.27. The van der Waals surface area contributed by atoms with Gasteiger partial charge in [-0.2, -0.15) is 0 Å². The van der Waals surface area contributed by atoms with E-state index in [9.17, 15) is 4.79 Å². The summed E-state index contributed by atoms with van der Waals surface area (Å²) in [6.45, 7) is 18.8. The van der Waals surface area contributed by atoms with Gasteiger partial charge in [-0.3, -0.25) is 4.79 Å². The molecule has 0 aliphatic rings. The van der Waals surface area contributed by atoms with Crippen molar-refractivity contribution in [3.05, 3.63) is 29.3 Å². The molecule has 184 valence electrons. The second-order valence-electron chi connectivity index (χ2n) is 10.7. The van der Waals surface area contributed by atoms with Crippen molar-refractivity contribution >= 4 is 5.91 Å². The average molecular weight is 446 g/mol. The normalized spacial score (nSPS) is 13.1. The summed E-state index contributed by atoms with van der Waals surface area (Å²) in [6, 6.07) is 6.68. The van der Waals surface area contributed by atoms with Gasteiger partial charge < -0.3 is 10.1 Å². The lowest BCUT2D eigenvalue weighted by molar-refractivity contribution is -0.122. The van der Waals surface area contributed by atoms with Crippen LogP contribution in [0.25, 0.3) is 0 Å². The van der Waals surface area contributed by atoms with Crippen LogP contribution in [-0.2, 0) is 15.6 Å². The summed E-state index contributed by atoms with van der Waals surface area (Å²) >= 11 is 0. The summed E-state index contributed by atoms with van der Waals surface area (Å²) in [5.74, 6) is 1.04. The van der Waals surface area contributed by atoms with Crippen molar-refractivity contribution in [1.29, 1.82) is 0 Å². The molecule has 1 atom stereocenters. The first-order chi connectivity index (χ1) is 15.1. The van der Waals surface area contributed by atoms with Crippen LogP contribution in [0.3, 0.4) is 0 Å². The molecule has 1 N–H and O–H groups in total. The van der Waals surface area contributed by atoms with E-state index in [1.807, 2.05) is 0 Å². The minimum Gasteiger partial charge on any atom is -0.490 e. The molecule has 1 aromatic carbocycles. The highest BCUT2D eigenvalue weighted by atomic mass is 16.5. The number of rotatable bonds is 16. The maximum atomic E-state index is 12.5. The van der Waals surface area contributed by atoms with E-state index in [2.05, 4.69) is 78.9 Å². The first kappa shape index (κ1) is 28.5. The van der Waals surface area contributed by atoms with E-state index in [4.69, 9.17) is 4.74 Å². The van der Waals surface area contributed by atoms with E-state index < -0.39 is 0 Å². The van der Waals surface area contributed by atoms with Crippen LogP contribution in [0.2, 0.25) is 0 Å². The summed E-state index contributed by atoms with van der Waals surface area (Å²) < 4.78 is 6.47. The van der Waals surface area contributed by atoms with Gasteiger partial charge in [0, 0.05) is 12.1 Å². The van der Waals surface area contributed by atoms with Crippen LogP contribution >= 0.6 is 0 Å². The van der Waals surface area contributed by atoms with Gasteiger partial charge >= 0.3 is 0 Å². The standard InChI is InChI=1S/C29H51NO2/c1-9-13-14-15-16-17-20-30-27(31)22-24(10-2)32-26-19-18-23(28(5,6)11-3)21-25(26)29(7,8)12-4/h18-19,21,24H,9-17,20,22H2,1-8H3,(H,30,31). The van der Waals surface area contributed by atoms with Gasteiger partial charge in [-0.05, 0) is 48.1 Å². The molecule has 3 heteroatoms. The Morgan fingerprint density at radius 2 is 1.53 bits per heavy atom. The lowest BCUT2D eigenvalue weighted by Gasteiger charge is -2.31. The number of hydrogen-bond acceptors (Lipinski definition) is 2. The molecule has 0 radical (unpaired) electrons. The average Bonchev–Trinajstić information content (AvgIpc) is 2.77. The van der Waals surface area contributed by atoms with Crippen LogP contribution in [0, 0.1) is 0 Å². The van der Waals surface area contributed by atoms with Gasteiger partial charge in [0.1, 0.15) is 11.9 Å². The number of nitrogens with one attached hydrogen (secondary N) is 1. The molecule has 0 fully saturated rings. The zero-order valence-electron chi connectivity index (χ0n) is 22.4. The Labute approximate surface area is 199 Å². The fraction of sp³-hybridized carbons (Fsp3) is 0.759. The van der Waals surface area contributed by atoms with Gasteiger partial charge in [0.15, 0.2) is 0 Å². The lowest BCUT2D eigenvalue weighted by Crippen LogP contribution is -2.31. The first-order valence-corrected chi connectivity index (χ1v) is 13.2. The van der Waals surface area contributed by atoms with E-state index in [1.165, 1.54) is 43.2 Å². The summed E-state index contributed by atoms with van der Waals surface area (Å²) in [5.41, 5.74) is 2.77. The quantitative estimate of drug-likeness (QED) is 0.261. The minimum atomic E-state index is -0.101. The predicted octanol–water partition coefficient (Wildman–Crippen LogP) is 8.09. The van der Waals surface area contributed by atoms with Crippen molar-refractivity contribution in [1.82, 2.24) is 5.32 Å². The smallest absolute Gasteiger partial charge is 0.223 e. The summed E-state index contributed by atoms with van der Waals surface area (Å²) in [5, 5.41) is 3.10. The van der Waals surface area contributed by atoms with Gasteiger partial charge in [-0.25, -0.2) is 0 Å². The SMILES string of the molecule is CCCCCCCCNC(=O)CC(CC)Oc1ccc(C(C)(C)CC)cc1C(C)(C)CC. The third kappa shape index (κ3) is 9.16. The monoisotopic (exact) mass is 445 g/mol. The van der Waals surface area contributed by atoms with E-state index in [1.54, 1.807) is 0 Å². The van der Waals surface area contributed by atoms with Crippen molar-refractivity contribution in [3.8, 4) is 5.75 Å². The molecule has 1 aromatic rings. The van der Waals surface area contributed by atoms with E-state index in [0.29, 0.717) is 6.42 Å². The second kappa shape index (κ2) is 13.9. The van der Waals surface area contributed by atoms with Crippen molar-refractivity contribution in [2.75, 3.05) is 6.54 Å². The number of benzene rings is 1. The zero-order valence-corrected chi connectivity index (χ0v) is 22.4. The van der Waals surface area contributed by atoms with Crippen molar-refractivity contribution in [2.45, 2.75) is 137 Å². The van der Waals surface area contributed by atoms with Gasteiger partial charge in [-0.15, -0.1) is 0 Å². The van der Waals surface area contributed by atoms with E-state index in [-0.39, 0.29) is 22.8 Å². The molecule has 0 saturated heterocycles. The van der Waals surface area contributed by atoms with Crippen LogP contribution in [0.15, 0.2) is 18.2 Å². The van der Waals surface area contributed by atoms with Gasteiger partial charge in [0.05, 0.1) is 6.42 Å². The van der Waals surface area contributed by atoms with Crippen molar-refractivity contribution < 1.29 is 9.53 Å². The Kier molecular flexibility index (Phi) is 12.4. The fourth-order valence-electron chi connectivity index (χ4n) is 3.84. The van der Waals surface area contributed by atoms with Gasteiger partial charge in [0.25, 0.3) is 0 Å². The molecule has 1 unspecified atom stereocenters. The fourth-order valence-corrected chi connectivity index (χ4v) is 3.84. The largest absolute Gasteiger partial charge is 0.490 e. The van der Waals surface area contributed by atoms with Crippen LogP contribution < -0.4 is 10.1 Å². The highest BCUT2D eigenvalue weighted by Gasteiger charge is 2.27. The lowest BCUT2D eigenvalue weighted by atomic mass is 9.76. The first-order valence-electron chi connectivity index (χ1n) is 13.2. The topological polar surface area (TPSA) is 38.3 Å². The third-order valence-electron chi connectivity index (χ3n) is 7.27. The Balaban J connectivity index is 2.79. The Morgan fingerprint density at radius 3 is 2.12 bits per heavy atom. The van der Waals surface area contributed by atoms with Crippen molar-refractivity contribution in [3.63, 3.8) is 0 Å².